The van der Waals surface area contributed by atoms with Crippen LogP contribution < -0.4 is 5.32 Å². The lowest BCUT2D eigenvalue weighted by molar-refractivity contribution is 0.133. The van der Waals surface area contributed by atoms with Crippen molar-refractivity contribution in [1.29, 1.82) is 5.26 Å². The summed E-state index contributed by atoms with van der Waals surface area (Å²) in [5.41, 5.74) is 0. The maximum Gasteiger partial charge on any atom is 0.0635 e. The van der Waals surface area contributed by atoms with Crippen molar-refractivity contribution in [2.45, 2.75) is 32.1 Å². The SMILES string of the molecule is N#CCCNCC1CCCCC1CO. The fourth-order valence-corrected chi connectivity index (χ4v) is 2.23. The highest BCUT2D eigenvalue weighted by Crippen LogP contribution is 2.28. The molecule has 1 aliphatic carbocycles. The van der Waals surface area contributed by atoms with Crippen molar-refractivity contribution in [3.63, 3.8) is 0 Å². The van der Waals surface area contributed by atoms with Crippen LogP contribution in [0.25, 0.3) is 0 Å². The van der Waals surface area contributed by atoms with E-state index in [-0.39, 0.29) is 0 Å². The number of aliphatic hydroxyl groups is 1. The summed E-state index contributed by atoms with van der Waals surface area (Å²) < 4.78 is 0. The topological polar surface area (TPSA) is 56.0 Å². The Morgan fingerprint density at radius 3 is 2.64 bits per heavy atom. The molecule has 0 aromatic rings. The monoisotopic (exact) mass is 196 g/mol. The van der Waals surface area contributed by atoms with E-state index in [0.29, 0.717) is 24.9 Å². The molecule has 2 atom stereocenters. The van der Waals surface area contributed by atoms with Gasteiger partial charge in [0.15, 0.2) is 0 Å². The Hall–Kier alpha value is -0.590. The number of aliphatic hydroxyl groups excluding tert-OH is 1. The van der Waals surface area contributed by atoms with Gasteiger partial charge in [0.2, 0.25) is 0 Å². The third-order valence-electron chi connectivity index (χ3n) is 3.12. The van der Waals surface area contributed by atoms with E-state index in [1.165, 1.54) is 25.7 Å². The molecular formula is C11H20N2O. The van der Waals surface area contributed by atoms with Gasteiger partial charge in [0, 0.05) is 19.6 Å². The Labute approximate surface area is 86.1 Å². The van der Waals surface area contributed by atoms with Gasteiger partial charge in [-0.05, 0) is 31.2 Å². The van der Waals surface area contributed by atoms with Crippen LogP contribution in [0, 0.1) is 23.2 Å². The normalized spacial score (nSPS) is 27.1. The van der Waals surface area contributed by atoms with E-state index in [4.69, 9.17) is 5.26 Å². The first-order valence-electron chi connectivity index (χ1n) is 5.57. The van der Waals surface area contributed by atoms with Crippen LogP contribution in [-0.4, -0.2) is 24.8 Å². The maximum absolute atomic E-state index is 9.18. The zero-order valence-electron chi connectivity index (χ0n) is 8.71. The summed E-state index contributed by atoms with van der Waals surface area (Å²) in [6, 6.07) is 2.12. The highest BCUT2D eigenvalue weighted by atomic mass is 16.3. The van der Waals surface area contributed by atoms with Crippen LogP contribution in [0.15, 0.2) is 0 Å². The van der Waals surface area contributed by atoms with Gasteiger partial charge in [0.05, 0.1) is 6.07 Å². The first kappa shape index (κ1) is 11.5. The summed E-state index contributed by atoms with van der Waals surface area (Å²) in [5, 5.41) is 20.8. The predicted molar refractivity (Wildman–Crippen MR) is 55.6 cm³/mol. The maximum atomic E-state index is 9.18. The van der Waals surface area contributed by atoms with Crippen molar-refractivity contribution in [3.8, 4) is 6.07 Å². The molecule has 14 heavy (non-hydrogen) atoms. The Kier molecular flexibility index (Phi) is 5.58. The van der Waals surface area contributed by atoms with E-state index in [2.05, 4.69) is 11.4 Å². The first-order valence-corrected chi connectivity index (χ1v) is 5.57. The lowest BCUT2D eigenvalue weighted by Gasteiger charge is -2.30. The van der Waals surface area contributed by atoms with Crippen LogP contribution in [0.4, 0.5) is 0 Å². The lowest BCUT2D eigenvalue weighted by atomic mass is 9.79. The third-order valence-corrected chi connectivity index (χ3v) is 3.12. The fourth-order valence-electron chi connectivity index (χ4n) is 2.23. The summed E-state index contributed by atoms with van der Waals surface area (Å²) in [4.78, 5) is 0. The summed E-state index contributed by atoms with van der Waals surface area (Å²) >= 11 is 0. The van der Waals surface area contributed by atoms with Crippen LogP contribution in [-0.2, 0) is 0 Å². The van der Waals surface area contributed by atoms with E-state index in [1.54, 1.807) is 0 Å². The van der Waals surface area contributed by atoms with E-state index in [1.807, 2.05) is 0 Å². The zero-order valence-corrected chi connectivity index (χ0v) is 8.71. The second-order valence-corrected chi connectivity index (χ2v) is 4.10. The first-order chi connectivity index (χ1) is 6.88. The molecule has 0 heterocycles. The second kappa shape index (κ2) is 6.80. The van der Waals surface area contributed by atoms with Gasteiger partial charge in [0.1, 0.15) is 0 Å². The minimum atomic E-state index is 0.324. The smallest absolute Gasteiger partial charge is 0.0635 e. The van der Waals surface area contributed by atoms with E-state index in [0.717, 1.165) is 13.1 Å². The van der Waals surface area contributed by atoms with Gasteiger partial charge < -0.3 is 10.4 Å². The number of nitrogens with one attached hydrogen (secondary N) is 1. The predicted octanol–water partition coefficient (Wildman–Crippen LogP) is 1.29. The van der Waals surface area contributed by atoms with Crippen LogP contribution >= 0.6 is 0 Å². The quantitative estimate of drug-likeness (QED) is 0.651. The molecule has 3 heteroatoms. The average molecular weight is 196 g/mol. The minimum absolute atomic E-state index is 0.324. The minimum Gasteiger partial charge on any atom is -0.396 e. The molecule has 0 amide bonds. The summed E-state index contributed by atoms with van der Waals surface area (Å²) in [6.45, 7) is 2.07. The average Bonchev–Trinajstić information content (AvgIpc) is 2.25. The molecule has 1 fully saturated rings. The van der Waals surface area contributed by atoms with Gasteiger partial charge in [-0.3, -0.25) is 0 Å². The molecule has 3 nitrogen and oxygen atoms in total. The molecule has 1 saturated carbocycles. The van der Waals surface area contributed by atoms with Gasteiger partial charge in [-0.2, -0.15) is 5.26 Å². The molecule has 0 aromatic carbocycles. The molecule has 0 saturated heterocycles. The highest BCUT2D eigenvalue weighted by Gasteiger charge is 2.23. The van der Waals surface area contributed by atoms with E-state index < -0.39 is 0 Å². The largest absolute Gasteiger partial charge is 0.396 e. The number of hydrogen-bond donors (Lipinski definition) is 2. The molecule has 0 aromatic heterocycles. The van der Waals surface area contributed by atoms with Crippen molar-refractivity contribution in [2.24, 2.45) is 11.8 Å². The van der Waals surface area contributed by atoms with Gasteiger partial charge in [-0.25, -0.2) is 0 Å². The fraction of sp³-hybridized carbons (Fsp3) is 0.909. The summed E-state index contributed by atoms with van der Waals surface area (Å²) in [5.74, 6) is 1.10. The molecule has 1 rings (SSSR count). The van der Waals surface area contributed by atoms with Crippen molar-refractivity contribution >= 4 is 0 Å². The van der Waals surface area contributed by atoms with Gasteiger partial charge in [-0.1, -0.05) is 12.8 Å². The Morgan fingerprint density at radius 1 is 1.29 bits per heavy atom. The van der Waals surface area contributed by atoms with Crippen LogP contribution in [0.5, 0.6) is 0 Å². The van der Waals surface area contributed by atoms with Crippen molar-refractivity contribution in [2.75, 3.05) is 19.7 Å². The summed E-state index contributed by atoms with van der Waals surface area (Å²) in [6.07, 6.45) is 5.53. The van der Waals surface area contributed by atoms with Gasteiger partial charge >= 0.3 is 0 Å². The third kappa shape index (κ3) is 3.65. The van der Waals surface area contributed by atoms with E-state index >= 15 is 0 Å². The van der Waals surface area contributed by atoms with Gasteiger partial charge in [-0.15, -0.1) is 0 Å². The second-order valence-electron chi connectivity index (χ2n) is 4.10. The number of nitrogens with zero attached hydrogens (tertiary/aromatic N) is 1. The van der Waals surface area contributed by atoms with Crippen LogP contribution in [0.3, 0.4) is 0 Å². The molecule has 0 spiro atoms. The van der Waals surface area contributed by atoms with Crippen LogP contribution in [0.1, 0.15) is 32.1 Å². The van der Waals surface area contributed by atoms with Crippen molar-refractivity contribution < 1.29 is 5.11 Å². The van der Waals surface area contributed by atoms with Crippen molar-refractivity contribution in [3.05, 3.63) is 0 Å². The Bertz CT molecular complexity index is 188. The molecule has 0 aliphatic heterocycles. The number of hydrogen-bond acceptors (Lipinski definition) is 3. The number of nitriles is 1. The molecule has 2 unspecified atom stereocenters. The van der Waals surface area contributed by atoms with Crippen LogP contribution in [0.2, 0.25) is 0 Å². The number of rotatable bonds is 5. The summed E-state index contributed by atoms with van der Waals surface area (Å²) in [7, 11) is 0. The molecule has 80 valence electrons. The molecule has 0 radical (unpaired) electrons. The molecule has 1 aliphatic rings. The standard InChI is InChI=1S/C11H20N2O/c12-6-3-7-13-8-10-4-1-2-5-11(10)9-14/h10-11,13-14H,1-5,7-9H2. The lowest BCUT2D eigenvalue weighted by Crippen LogP contribution is -2.32. The zero-order chi connectivity index (χ0) is 10.2. The Morgan fingerprint density at radius 2 is 2.00 bits per heavy atom. The molecular weight excluding hydrogens is 176 g/mol. The molecule has 0 bridgehead atoms. The highest BCUT2D eigenvalue weighted by molar-refractivity contribution is 4.77. The molecule has 2 N–H and O–H groups in total. The van der Waals surface area contributed by atoms with E-state index in [9.17, 15) is 5.11 Å². The van der Waals surface area contributed by atoms with Gasteiger partial charge in [0.25, 0.3) is 0 Å². The van der Waals surface area contributed by atoms with Crippen molar-refractivity contribution in [1.82, 2.24) is 5.32 Å². The Balaban J connectivity index is 2.17.